The van der Waals surface area contributed by atoms with E-state index in [0.717, 1.165) is 23.2 Å². The number of amides is 3. The molecule has 1 aromatic heterocycles. The van der Waals surface area contributed by atoms with Crippen molar-refractivity contribution in [2.75, 3.05) is 33.2 Å². The Labute approximate surface area is 162 Å². The Balaban J connectivity index is 0.00000288. The molecule has 2 rings (SSSR count). The van der Waals surface area contributed by atoms with Gasteiger partial charge in [0.15, 0.2) is 5.96 Å². The van der Waals surface area contributed by atoms with Gasteiger partial charge in [-0.25, -0.2) is 9.78 Å². The summed E-state index contributed by atoms with van der Waals surface area (Å²) >= 11 is 1.62. The number of aliphatic imine (C=N–C) groups is 1. The Hall–Kier alpha value is -1.43. The highest BCUT2D eigenvalue weighted by Gasteiger charge is 2.27. The summed E-state index contributed by atoms with van der Waals surface area (Å²) in [5, 5.41) is 8.77. The second-order valence-corrected chi connectivity index (χ2v) is 6.22. The number of hydrogen-bond donors (Lipinski definition) is 2. The summed E-state index contributed by atoms with van der Waals surface area (Å²) in [6, 6.07) is -0.346. The Bertz CT molecular complexity index is 590. The first-order chi connectivity index (χ1) is 11.0. The average molecular weight is 466 g/mol. The van der Waals surface area contributed by atoms with Crippen molar-refractivity contribution in [3.8, 4) is 0 Å². The van der Waals surface area contributed by atoms with E-state index in [-0.39, 0.29) is 49.0 Å². The summed E-state index contributed by atoms with van der Waals surface area (Å²) in [7, 11) is 1.93. The molecule has 0 bridgehead atoms. The quantitative estimate of drug-likeness (QED) is 0.283. The number of aromatic nitrogens is 1. The van der Waals surface area contributed by atoms with Crippen LogP contribution in [0.4, 0.5) is 4.79 Å². The zero-order chi connectivity index (χ0) is 16.8. The van der Waals surface area contributed by atoms with E-state index in [1.54, 1.807) is 11.3 Å². The lowest BCUT2D eigenvalue weighted by atomic mass is 10.4. The SMILES string of the molecule is CCNC(=NCCN1C(=O)CNC1=O)N(C)Cc1csc(C)n1.I. The molecule has 24 heavy (non-hydrogen) atoms. The summed E-state index contributed by atoms with van der Waals surface area (Å²) < 4.78 is 0. The van der Waals surface area contributed by atoms with Gasteiger partial charge in [0.25, 0.3) is 0 Å². The molecule has 8 nitrogen and oxygen atoms in total. The molecule has 0 radical (unpaired) electrons. The number of aryl methyl sites for hydroxylation is 1. The Morgan fingerprint density at radius 2 is 2.29 bits per heavy atom. The lowest BCUT2D eigenvalue weighted by Crippen LogP contribution is -2.39. The van der Waals surface area contributed by atoms with Gasteiger partial charge in [-0.1, -0.05) is 0 Å². The second-order valence-electron chi connectivity index (χ2n) is 5.15. The van der Waals surface area contributed by atoms with Crippen molar-refractivity contribution < 1.29 is 9.59 Å². The number of nitrogens with zero attached hydrogens (tertiary/aromatic N) is 4. The molecule has 0 aromatic carbocycles. The molecule has 1 fully saturated rings. The predicted octanol–water partition coefficient (Wildman–Crippen LogP) is 1.02. The van der Waals surface area contributed by atoms with E-state index < -0.39 is 0 Å². The van der Waals surface area contributed by atoms with Gasteiger partial charge in [0.2, 0.25) is 5.91 Å². The van der Waals surface area contributed by atoms with Crippen LogP contribution in [0.1, 0.15) is 17.6 Å². The van der Waals surface area contributed by atoms with Gasteiger partial charge in [-0.2, -0.15) is 0 Å². The molecule has 1 aromatic rings. The van der Waals surface area contributed by atoms with E-state index in [0.29, 0.717) is 13.1 Å². The summed E-state index contributed by atoms with van der Waals surface area (Å²) in [5.74, 6) is 0.520. The van der Waals surface area contributed by atoms with Gasteiger partial charge in [-0.3, -0.25) is 14.7 Å². The number of carbonyl (C=O) groups is 2. The zero-order valence-electron chi connectivity index (χ0n) is 14.0. The maximum absolute atomic E-state index is 11.5. The predicted molar refractivity (Wildman–Crippen MR) is 105 cm³/mol. The summed E-state index contributed by atoms with van der Waals surface area (Å²) in [5.41, 5.74) is 0.995. The first-order valence-corrected chi connectivity index (χ1v) is 8.38. The van der Waals surface area contributed by atoms with Crippen molar-refractivity contribution in [3.05, 3.63) is 16.1 Å². The second kappa shape index (κ2) is 9.77. The number of urea groups is 1. The van der Waals surface area contributed by atoms with E-state index >= 15 is 0 Å². The van der Waals surface area contributed by atoms with Crippen LogP contribution >= 0.6 is 35.3 Å². The first-order valence-electron chi connectivity index (χ1n) is 7.50. The summed E-state index contributed by atoms with van der Waals surface area (Å²) in [4.78, 5) is 35.1. The van der Waals surface area contributed by atoms with E-state index in [4.69, 9.17) is 0 Å². The molecule has 2 heterocycles. The third-order valence-electron chi connectivity index (χ3n) is 3.28. The van der Waals surface area contributed by atoms with Crippen LogP contribution in [0.2, 0.25) is 0 Å². The van der Waals surface area contributed by atoms with Gasteiger partial charge < -0.3 is 15.5 Å². The van der Waals surface area contributed by atoms with Crippen molar-refractivity contribution >= 4 is 53.2 Å². The minimum absolute atomic E-state index is 0. The lowest BCUT2D eigenvalue weighted by molar-refractivity contribution is -0.124. The van der Waals surface area contributed by atoms with Gasteiger partial charge in [0, 0.05) is 19.0 Å². The molecule has 3 amide bonds. The van der Waals surface area contributed by atoms with E-state index in [2.05, 4.69) is 20.6 Å². The minimum Gasteiger partial charge on any atom is -0.357 e. The smallest absolute Gasteiger partial charge is 0.324 e. The number of guanidine groups is 1. The maximum atomic E-state index is 11.5. The Kier molecular flexibility index (Phi) is 8.39. The molecule has 10 heteroatoms. The van der Waals surface area contributed by atoms with Crippen LogP contribution < -0.4 is 10.6 Å². The fraction of sp³-hybridized carbons (Fsp3) is 0.571. The standard InChI is InChI=1S/C14H22N6O2S.HI/c1-4-15-13(19(3)8-11-9-23-10(2)18-11)16-5-6-20-12(21)7-17-14(20)22;/h9H,4-8H2,1-3H3,(H,15,16)(H,17,22);1H. The first kappa shape index (κ1) is 20.6. The Morgan fingerprint density at radius 1 is 1.54 bits per heavy atom. The van der Waals surface area contributed by atoms with Crippen molar-refractivity contribution in [3.63, 3.8) is 0 Å². The van der Waals surface area contributed by atoms with Crippen molar-refractivity contribution in [2.24, 2.45) is 4.99 Å². The largest absolute Gasteiger partial charge is 0.357 e. The molecule has 0 unspecified atom stereocenters. The lowest BCUT2D eigenvalue weighted by Gasteiger charge is -2.21. The molecular formula is C14H23IN6O2S. The molecule has 1 aliphatic heterocycles. The number of nitrogens with one attached hydrogen (secondary N) is 2. The number of rotatable bonds is 6. The molecule has 1 saturated heterocycles. The fourth-order valence-electron chi connectivity index (χ4n) is 2.21. The van der Waals surface area contributed by atoms with Gasteiger partial charge in [0.1, 0.15) is 0 Å². The third kappa shape index (κ3) is 5.58. The van der Waals surface area contributed by atoms with Crippen LogP contribution in [0.5, 0.6) is 0 Å². The number of imide groups is 1. The normalized spacial score (nSPS) is 14.5. The van der Waals surface area contributed by atoms with Crippen molar-refractivity contribution in [1.29, 1.82) is 0 Å². The zero-order valence-corrected chi connectivity index (χ0v) is 17.2. The molecule has 0 aliphatic carbocycles. The van der Waals surface area contributed by atoms with E-state index in [9.17, 15) is 9.59 Å². The van der Waals surface area contributed by atoms with Gasteiger partial charge in [0.05, 0.1) is 36.9 Å². The van der Waals surface area contributed by atoms with Gasteiger partial charge >= 0.3 is 6.03 Å². The highest BCUT2D eigenvalue weighted by atomic mass is 127. The maximum Gasteiger partial charge on any atom is 0.324 e. The molecule has 2 N–H and O–H groups in total. The van der Waals surface area contributed by atoms with Gasteiger partial charge in [-0.15, -0.1) is 35.3 Å². The van der Waals surface area contributed by atoms with Crippen LogP contribution in [0.3, 0.4) is 0 Å². The van der Waals surface area contributed by atoms with E-state index in [1.165, 1.54) is 4.90 Å². The molecule has 134 valence electrons. The monoisotopic (exact) mass is 466 g/mol. The Morgan fingerprint density at radius 3 is 2.83 bits per heavy atom. The number of thiazole rings is 1. The molecule has 0 spiro atoms. The van der Waals surface area contributed by atoms with Gasteiger partial charge in [-0.05, 0) is 13.8 Å². The van der Waals surface area contributed by atoms with Crippen LogP contribution in [0.15, 0.2) is 10.4 Å². The molecule has 0 atom stereocenters. The number of hydrogen-bond acceptors (Lipinski definition) is 5. The number of halogens is 1. The average Bonchev–Trinajstić information content (AvgIpc) is 3.05. The van der Waals surface area contributed by atoms with Crippen LogP contribution in [0.25, 0.3) is 0 Å². The highest BCUT2D eigenvalue weighted by molar-refractivity contribution is 14.0. The minimum atomic E-state index is -0.346. The van der Waals surface area contributed by atoms with Crippen LogP contribution in [0, 0.1) is 6.92 Å². The van der Waals surface area contributed by atoms with Crippen LogP contribution in [-0.4, -0.2) is 65.9 Å². The van der Waals surface area contributed by atoms with Crippen molar-refractivity contribution in [2.45, 2.75) is 20.4 Å². The third-order valence-corrected chi connectivity index (χ3v) is 4.11. The highest BCUT2D eigenvalue weighted by Crippen LogP contribution is 2.09. The molecule has 0 saturated carbocycles. The summed E-state index contributed by atoms with van der Waals surface area (Å²) in [6.07, 6.45) is 0. The molecule has 1 aliphatic rings. The fourth-order valence-corrected chi connectivity index (χ4v) is 2.81. The van der Waals surface area contributed by atoms with Crippen molar-refractivity contribution in [1.82, 2.24) is 25.4 Å². The summed E-state index contributed by atoms with van der Waals surface area (Å²) in [6.45, 7) is 6.08. The number of carbonyl (C=O) groups excluding carboxylic acids is 2. The molecular weight excluding hydrogens is 443 g/mol. The van der Waals surface area contributed by atoms with E-state index in [1.807, 2.05) is 31.2 Å². The topological polar surface area (TPSA) is 89.9 Å². The van der Waals surface area contributed by atoms with Crippen LogP contribution in [-0.2, 0) is 11.3 Å².